The molecule has 0 saturated carbocycles. The van der Waals surface area contributed by atoms with Crippen molar-refractivity contribution in [3.8, 4) is 5.88 Å². The van der Waals surface area contributed by atoms with Gasteiger partial charge in [-0.1, -0.05) is 0 Å². The molecule has 0 aliphatic heterocycles. The summed E-state index contributed by atoms with van der Waals surface area (Å²) in [5.41, 5.74) is 6.42. The van der Waals surface area contributed by atoms with Crippen molar-refractivity contribution in [3.63, 3.8) is 0 Å². The second-order valence-corrected chi connectivity index (χ2v) is 1.91. The van der Waals surface area contributed by atoms with Gasteiger partial charge in [0.25, 0.3) is 0 Å². The Balaban J connectivity index is 0.000001000. The van der Waals surface area contributed by atoms with Crippen LogP contribution in [0.4, 0.5) is 0 Å². The van der Waals surface area contributed by atoms with E-state index in [1.165, 1.54) is 0 Å². The van der Waals surface area contributed by atoms with Crippen molar-refractivity contribution in [2.24, 2.45) is 5.73 Å². The summed E-state index contributed by atoms with van der Waals surface area (Å²) in [5, 5.41) is 0. The fourth-order valence-corrected chi connectivity index (χ4v) is 0.689. The van der Waals surface area contributed by atoms with Gasteiger partial charge in [-0.3, -0.25) is 0 Å². The van der Waals surface area contributed by atoms with Crippen LogP contribution in [-0.2, 0) is 6.54 Å². The first-order chi connectivity index (χ1) is 4.86. The minimum absolute atomic E-state index is 0. The van der Waals surface area contributed by atoms with Gasteiger partial charge in [0.15, 0.2) is 0 Å². The highest BCUT2D eigenvalue weighted by molar-refractivity contribution is 5.85. The first-order valence-corrected chi connectivity index (χ1v) is 3.06. The van der Waals surface area contributed by atoms with E-state index in [-0.39, 0.29) is 12.4 Å². The van der Waals surface area contributed by atoms with Crippen molar-refractivity contribution in [1.29, 1.82) is 0 Å². The Hall–Kier alpha value is -0.800. The van der Waals surface area contributed by atoms with Gasteiger partial charge in [0.2, 0.25) is 5.88 Å². The zero-order valence-electron chi connectivity index (χ0n) is 6.28. The number of hydrogen-bond donors (Lipinski definition) is 1. The van der Waals surface area contributed by atoms with Crippen molar-refractivity contribution >= 4 is 12.4 Å². The molecule has 1 heterocycles. The Morgan fingerprint density at radius 3 is 2.91 bits per heavy atom. The summed E-state index contributed by atoms with van der Waals surface area (Å²) < 4.78 is 4.89. The summed E-state index contributed by atoms with van der Waals surface area (Å²) in [6.07, 6.45) is 1.68. The molecule has 0 amide bonds. The number of ether oxygens (including phenoxy) is 1. The minimum atomic E-state index is 0. The number of halogens is 1. The molecule has 4 heteroatoms. The lowest BCUT2D eigenvalue weighted by Crippen LogP contribution is -1.97. The Morgan fingerprint density at radius 2 is 2.36 bits per heavy atom. The van der Waals surface area contributed by atoms with Crippen LogP contribution < -0.4 is 10.5 Å². The topological polar surface area (TPSA) is 48.1 Å². The smallest absolute Gasteiger partial charge is 0.213 e. The number of methoxy groups -OCH3 is 1. The fourth-order valence-electron chi connectivity index (χ4n) is 0.689. The SMILES string of the molecule is COc1cc(CN)ccn1.Cl. The van der Waals surface area contributed by atoms with Gasteiger partial charge in [0.05, 0.1) is 7.11 Å². The van der Waals surface area contributed by atoms with Crippen molar-refractivity contribution in [2.75, 3.05) is 7.11 Å². The molecule has 1 aromatic heterocycles. The standard InChI is InChI=1S/C7H10N2O.ClH/c1-10-7-4-6(5-8)2-3-9-7;/h2-4H,5,8H2,1H3;1H. The Bertz CT molecular complexity index is 198. The third kappa shape index (κ3) is 2.74. The molecule has 0 atom stereocenters. The lowest BCUT2D eigenvalue weighted by atomic mass is 10.3. The first kappa shape index (κ1) is 10.2. The van der Waals surface area contributed by atoms with E-state index < -0.39 is 0 Å². The van der Waals surface area contributed by atoms with Crippen LogP contribution >= 0.6 is 12.4 Å². The molecule has 2 N–H and O–H groups in total. The van der Waals surface area contributed by atoms with E-state index in [9.17, 15) is 0 Å². The third-order valence-electron chi connectivity index (χ3n) is 1.24. The molecule has 0 aliphatic carbocycles. The zero-order chi connectivity index (χ0) is 7.40. The number of aromatic nitrogens is 1. The molecule has 3 nitrogen and oxygen atoms in total. The fraction of sp³-hybridized carbons (Fsp3) is 0.286. The molecule has 0 aromatic carbocycles. The average molecular weight is 175 g/mol. The first-order valence-electron chi connectivity index (χ1n) is 3.06. The number of rotatable bonds is 2. The minimum Gasteiger partial charge on any atom is -0.481 e. The Labute approximate surface area is 72.0 Å². The monoisotopic (exact) mass is 174 g/mol. The molecule has 0 spiro atoms. The average Bonchev–Trinajstić information content (AvgIpc) is 2.05. The number of nitrogens with two attached hydrogens (primary N) is 1. The zero-order valence-corrected chi connectivity index (χ0v) is 7.10. The van der Waals surface area contributed by atoms with Gasteiger partial charge in [-0.2, -0.15) is 0 Å². The predicted octanol–water partition coefficient (Wildman–Crippen LogP) is 0.971. The Morgan fingerprint density at radius 1 is 1.64 bits per heavy atom. The molecule has 0 fully saturated rings. The summed E-state index contributed by atoms with van der Waals surface area (Å²) >= 11 is 0. The highest BCUT2D eigenvalue weighted by Gasteiger charge is 1.92. The van der Waals surface area contributed by atoms with Gasteiger partial charge in [0, 0.05) is 18.8 Å². The van der Waals surface area contributed by atoms with E-state index in [1.807, 2.05) is 12.1 Å². The number of hydrogen-bond acceptors (Lipinski definition) is 3. The van der Waals surface area contributed by atoms with E-state index in [2.05, 4.69) is 4.98 Å². The predicted molar refractivity (Wildman–Crippen MR) is 45.9 cm³/mol. The van der Waals surface area contributed by atoms with Crippen LogP contribution in [0.3, 0.4) is 0 Å². The van der Waals surface area contributed by atoms with E-state index in [1.54, 1.807) is 13.3 Å². The lowest BCUT2D eigenvalue weighted by molar-refractivity contribution is 0.397. The molecule has 11 heavy (non-hydrogen) atoms. The highest BCUT2D eigenvalue weighted by Crippen LogP contribution is 2.06. The summed E-state index contributed by atoms with van der Waals surface area (Å²) in [6.45, 7) is 0.527. The van der Waals surface area contributed by atoms with Gasteiger partial charge < -0.3 is 10.5 Å². The van der Waals surface area contributed by atoms with Crippen molar-refractivity contribution in [1.82, 2.24) is 4.98 Å². The molecule has 0 aliphatic rings. The van der Waals surface area contributed by atoms with Crippen LogP contribution in [0, 0.1) is 0 Å². The van der Waals surface area contributed by atoms with Gasteiger partial charge in [-0.15, -0.1) is 12.4 Å². The van der Waals surface area contributed by atoms with E-state index in [4.69, 9.17) is 10.5 Å². The molecular weight excluding hydrogens is 164 g/mol. The normalized spacial score (nSPS) is 8.55. The molecule has 0 bridgehead atoms. The third-order valence-corrected chi connectivity index (χ3v) is 1.24. The molecule has 0 saturated heterocycles. The largest absolute Gasteiger partial charge is 0.481 e. The quantitative estimate of drug-likeness (QED) is 0.727. The molecule has 0 radical (unpaired) electrons. The van der Waals surface area contributed by atoms with Crippen LogP contribution in [-0.4, -0.2) is 12.1 Å². The van der Waals surface area contributed by atoms with Gasteiger partial charge in [0.1, 0.15) is 0 Å². The molecular formula is C7H11ClN2O. The van der Waals surface area contributed by atoms with Gasteiger partial charge in [-0.25, -0.2) is 4.98 Å². The van der Waals surface area contributed by atoms with Gasteiger partial charge >= 0.3 is 0 Å². The van der Waals surface area contributed by atoms with Gasteiger partial charge in [-0.05, 0) is 11.6 Å². The van der Waals surface area contributed by atoms with E-state index in [0.717, 1.165) is 5.56 Å². The maximum Gasteiger partial charge on any atom is 0.213 e. The van der Waals surface area contributed by atoms with Crippen molar-refractivity contribution < 1.29 is 4.74 Å². The van der Waals surface area contributed by atoms with Crippen LogP contribution in [0.2, 0.25) is 0 Å². The highest BCUT2D eigenvalue weighted by atomic mass is 35.5. The van der Waals surface area contributed by atoms with Crippen LogP contribution in [0.25, 0.3) is 0 Å². The van der Waals surface area contributed by atoms with Crippen LogP contribution in [0.1, 0.15) is 5.56 Å². The molecule has 1 rings (SSSR count). The second kappa shape index (κ2) is 4.93. The van der Waals surface area contributed by atoms with Crippen molar-refractivity contribution in [3.05, 3.63) is 23.9 Å². The van der Waals surface area contributed by atoms with Crippen LogP contribution in [0.5, 0.6) is 5.88 Å². The lowest BCUT2D eigenvalue weighted by Gasteiger charge is -1.98. The van der Waals surface area contributed by atoms with E-state index >= 15 is 0 Å². The number of nitrogens with zero attached hydrogens (tertiary/aromatic N) is 1. The second-order valence-electron chi connectivity index (χ2n) is 1.91. The molecule has 62 valence electrons. The maximum atomic E-state index is 5.39. The maximum absolute atomic E-state index is 5.39. The summed E-state index contributed by atoms with van der Waals surface area (Å²) in [5.74, 6) is 0.614. The van der Waals surface area contributed by atoms with Crippen LogP contribution in [0.15, 0.2) is 18.3 Å². The van der Waals surface area contributed by atoms with Crippen molar-refractivity contribution in [2.45, 2.75) is 6.54 Å². The Kier molecular flexibility index (Phi) is 4.57. The number of pyridine rings is 1. The summed E-state index contributed by atoms with van der Waals surface area (Å²) in [6, 6.07) is 3.68. The van der Waals surface area contributed by atoms with E-state index in [0.29, 0.717) is 12.4 Å². The summed E-state index contributed by atoms with van der Waals surface area (Å²) in [4.78, 5) is 3.93. The summed E-state index contributed by atoms with van der Waals surface area (Å²) in [7, 11) is 1.59. The molecule has 1 aromatic rings. The molecule has 0 unspecified atom stereocenters.